The average Bonchev–Trinajstić information content (AvgIpc) is 3.01. The molecule has 1 atom stereocenters. The standard InChI is InChI=1S/C19H24N4O2/c1-15-20-9-12-22(15)10-6-11-23-17(13-16-7-4-3-5-8-16)19(25)21(2)14-18(23)24/h3-5,7-9,12,17H,6,10-11,13-14H2,1-2H3/t17-/m0/s1. The number of rotatable bonds is 6. The summed E-state index contributed by atoms with van der Waals surface area (Å²) in [7, 11) is 1.70. The zero-order valence-corrected chi connectivity index (χ0v) is 14.8. The van der Waals surface area contributed by atoms with E-state index in [2.05, 4.69) is 9.55 Å². The van der Waals surface area contributed by atoms with Gasteiger partial charge in [-0.1, -0.05) is 30.3 Å². The summed E-state index contributed by atoms with van der Waals surface area (Å²) in [5.74, 6) is 0.995. The molecule has 1 aliphatic rings. The molecule has 0 N–H and O–H groups in total. The number of aromatic nitrogens is 2. The third-order valence-corrected chi connectivity index (χ3v) is 4.72. The van der Waals surface area contributed by atoms with Gasteiger partial charge in [-0.25, -0.2) is 4.98 Å². The summed E-state index contributed by atoms with van der Waals surface area (Å²) in [5.41, 5.74) is 1.07. The van der Waals surface area contributed by atoms with Crippen LogP contribution in [0.2, 0.25) is 0 Å². The number of nitrogens with zero attached hydrogens (tertiary/aromatic N) is 4. The van der Waals surface area contributed by atoms with E-state index in [4.69, 9.17) is 0 Å². The number of imidazole rings is 1. The van der Waals surface area contributed by atoms with Crippen molar-refractivity contribution in [3.8, 4) is 0 Å². The van der Waals surface area contributed by atoms with Crippen LogP contribution >= 0.6 is 0 Å². The second kappa shape index (κ2) is 7.51. The summed E-state index contributed by atoms with van der Waals surface area (Å²) >= 11 is 0. The van der Waals surface area contributed by atoms with Gasteiger partial charge in [-0.2, -0.15) is 0 Å². The zero-order valence-electron chi connectivity index (χ0n) is 14.8. The van der Waals surface area contributed by atoms with Gasteiger partial charge in [-0.3, -0.25) is 9.59 Å². The first-order valence-corrected chi connectivity index (χ1v) is 8.62. The number of hydrogen-bond donors (Lipinski definition) is 0. The molecule has 0 spiro atoms. The van der Waals surface area contributed by atoms with Crippen LogP contribution in [-0.4, -0.2) is 57.3 Å². The average molecular weight is 340 g/mol. The molecule has 6 heteroatoms. The summed E-state index contributed by atoms with van der Waals surface area (Å²) < 4.78 is 2.06. The molecular formula is C19H24N4O2. The van der Waals surface area contributed by atoms with Crippen LogP contribution in [-0.2, 0) is 22.6 Å². The molecule has 1 saturated heterocycles. The van der Waals surface area contributed by atoms with Gasteiger partial charge in [0.25, 0.3) is 0 Å². The molecule has 2 amide bonds. The third kappa shape index (κ3) is 3.90. The van der Waals surface area contributed by atoms with Crippen LogP contribution in [0.4, 0.5) is 0 Å². The van der Waals surface area contributed by atoms with Crippen molar-refractivity contribution in [3.63, 3.8) is 0 Å². The van der Waals surface area contributed by atoms with Gasteiger partial charge in [0.2, 0.25) is 11.8 Å². The number of piperazine rings is 1. The van der Waals surface area contributed by atoms with E-state index in [0.717, 1.165) is 24.4 Å². The molecule has 0 unspecified atom stereocenters. The molecule has 6 nitrogen and oxygen atoms in total. The minimum atomic E-state index is -0.419. The van der Waals surface area contributed by atoms with Crippen LogP contribution < -0.4 is 0 Å². The zero-order chi connectivity index (χ0) is 17.8. The molecule has 3 rings (SSSR count). The first kappa shape index (κ1) is 17.2. The molecule has 1 aromatic carbocycles. The number of likely N-dealkylation sites (N-methyl/N-ethyl adjacent to an activating group) is 1. The van der Waals surface area contributed by atoms with Crippen molar-refractivity contribution in [2.45, 2.75) is 32.4 Å². The fourth-order valence-electron chi connectivity index (χ4n) is 3.30. The van der Waals surface area contributed by atoms with E-state index < -0.39 is 6.04 Å². The number of amides is 2. The Morgan fingerprint density at radius 1 is 1.16 bits per heavy atom. The van der Waals surface area contributed by atoms with E-state index in [1.165, 1.54) is 4.90 Å². The molecule has 0 aliphatic carbocycles. The molecule has 132 valence electrons. The molecule has 2 heterocycles. The highest BCUT2D eigenvalue weighted by Gasteiger charge is 2.37. The van der Waals surface area contributed by atoms with Gasteiger partial charge in [0.1, 0.15) is 11.9 Å². The van der Waals surface area contributed by atoms with Crippen LogP contribution in [0.1, 0.15) is 17.8 Å². The van der Waals surface area contributed by atoms with E-state index in [1.54, 1.807) is 18.1 Å². The summed E-state index contributed by atoms with van der Waals surface area (Å²) in [6.45, 7) is 3.49. The van der Waals surface area contributed by atoms with Crippen LogP contribution in [0.5, 0.6) is 0 Å². The summed E-state index contributed by atoms with van der Waals surface area (Å²) in [4.78, 5) is 32.7. The molecule has 0 saturated carbocycles. The molecular weight excluding hydrogens is 316 g/mol. The Balaban J connectivity index is 1.70. The molecule has 1 aliphatic heterocycles. The molecule has 1 aromatic heterocycles. The Labute approximate surface area is 148 Å². The van der Waals surface area contributed by atoms with Gasteiger partial charge in [-0.05, 0) is 18.9 Å². The fraction of sp³-hybridized carbons (Fsp3) is 0.421. The van der Waals surface area contributed by atoms with Crippen molar-refractivity contribution in [2.24, 2.45) is 0 Å². The molecule has 1 fully saturated rings. The van der Waals surface area contributed by atoms with Crippen molar-refractivity contribution in [3.05, 3.63) is 54.1 Å². The van der Waals surface area contributed by atoms with Crippen molar-refractivity contribution in [2.75, 3.05) is 20.1 Å². The van der Waals surface area contributed by atoms with Gasteiger partial charge < -0.3 is 14.4 Å². The maximum absolute atomic E-state index is 12.6. The molecule has 0 bridgehead atoms. The maximum Gasteiger partial charge on any atom is 0.245 e. The Morgan fingerprint density at radius 3 is 2.60 bits per heavy atom. The SMILES string of the molecule is Cc1nccn1CCCN1C(=O)CN(C)C(=O)[C@@H]1Cc1ccccc1. The smallest absolute Gasteiger partial charge is 0.245 e. The molecule has 0 radical (unpaired) electrons. The Hall–Kier alpha value is -2.63. The lowest BCUT2D eigenvalue weighted by molar-refractivity contribution is -0.154. The Morgan fingerprint density at radius 2 is 1.92 bits per heavy atom. The van der Waals surface area contributed by atoms with Crippen molar-refractivity contribution in [1.29, 1.82) is 0 Å². The number of aryl methyl sites for hydroxylation is 2. The van der Waals surface area contributed by atoms with Crippen LogP contribution in [0, 0.1) is 6.92 Å². The lowest BCUT2D eigenvalue weighted by atomic mass is 10.0. The maximum atomic E-state index is 12.6. The molecule has 25 heavy (non-hydrogen) atoms. The highest BCUT2D eigenvalue weighted by Crippen LogP contribution is 2.17. The minimum absolute atomic E-state index is 0.0160. The van der Waals surface area contributed by atoms with Crippen LogP contribution in [0.3, 0.4) is 0 Å². The van der Waals surface area contributed by atoms with Gasteiger partial charge >= 0.3 is 0 Å². The number of benzene rings is 1. The van der Waals surface area contributed by atoms with Gasteiger partial charge in [0.05, 0.1) is 6.54 Å². The summed E-state index contributed by atoms with van der Waals surface area (Å²) in [5, 5.41) is 0. The van der Waals surface area contributed by atoms with Gasteiger partial charge in [0.15, 0.2) is 0 Å². The lowest BCUT2D eigenvalue weighted by Gasteiger charge is -2.39. The quantitative estimate of drug-likeness (QED) is 0.801. The predicted octanol–water partition coefficient (Wildman–Crippen LogP) is 1.49. The summed E-state index contributed by atoms with van der Waals surface area (Å²) in [6, 6.07) is 9.45. The van der Waals surface area contributed by atoms with E-state index in [0.29, 0.717) is 13.0 Å². The second-order valence-electron chi connectivity index (χ2n) is 6.51. The van der Waals surface area contributed by atoms with Gasteiger partial charge in [0, 0.05) is 39.0 Å². The first-order valence-electron chi connectivity index (χ1n) is 8.62. The number of carbonyl (C=O) groups excluding carboxylic acids is 2. The topological polar surface area (TPSA) is 58.4 Å². The third-order valence-electron chi connectivity index (χ3n) is 4.72. The highest BCUT2D eigenvalue weighted by atomic mass is 16.2. The predicted molar refractivity (Wildman–Crippen MR) is 94.9 cm³/mol. The van der Waals surface area contributed by atoms with E-state index >= 15 is 0 Å². The van der Waals surface area contributed by atoms with E-state index in [1.807, 2.05) is 43.5 Å². The number of hydrogen-bond acceptors (Lipinski definition) is 3. The van der Waals surface area contributed by atoms with E-state index in [9.17, 15) is 9.59 Å². The van der Waals surface area contributed by atoms with Crippen molar-refractivity contribution < 1.29 is 9.59 Å². The lowest BCUT2D eigenvalue weighted by Crippen LogP contribution is -2.59. The number of carbonyl (C=O) groups is 2. The monoisotopic (exact) mass is 340 g/mol. The molecule has 2 aromatic rings. The highest BCUT2D eigenvalue weighted by molar-refractivity contribution is 5.94. The first-order chi connectivity index (χ1) is 12.1. The minimum Gasteiger partial charge on any atom is -0.335 e. The fourth-order valence-corrected chi connectivity index (χ4v) is 3.30. The van der Waals surface area contributed by atoms with Crippen molar-refractivity contribution in [1.82, 2.24) is 19.4 Å². The van der Waals surface area contributed by atoms with Crippen LogP contribution in [0.25, 0.3) is 0 Å². The van der Waals surface area contributed by atoms with E-state index in [-0.39, 0.29) is 18.4 Å². The Bertz CT molecular complexity index is 741. The largest absolute Gasteiger partial charge is 0.335 e. The summed E-state index contributed by atoms with van der Waals surface area (Å²) in [6.07, 6.45) is 5.07. The van der Waals surface area contributed by atoms with Gasteiger partial charge in [-0.15, -0.1) is 0 Å². The van der Waals surface area contributed by atoms with Crippen LogP contribution in [0.15, 0.2) is 42.7 Å². The van der Waals surface area contributed by atoms with Crippen molar-refractivity contribution >= 4 is 11.8 Å². The normalized spacial score (nSPS) is 18.1. The second-order valence-corrected chi connectivity index (χ2v) is 6.51. The Kier molecular flexibility index (Phi) is 5.16.